The number of urea groups is 1. The SMILES string of the molecule is COc1nccnc1OC1CCC(NC(=O)CN2CCN(c3ccccc3)C2=O)CC1. The van der Waals surface area contributed by atoms with E-state index in [1.807, 2.05) is 30.3 Å². The molecule has 9 nitrogen and oxygen atoms in total. The first-order valence-electron chi connectivity index (χ1n) is 10.6. The lowest BCUT2D eigenvalue weighted by Gasteiger charge is -2.29. The highest BCUT2D eigenvalue weighted by molar-refractivity contribution is 5.96. The second-order valence-corrected chi connectivity index (χ2v) is 7.72. The monoisotopic (exact) mass is 425 g/mol. The van der Waals surface area contributed by atoms with E-state index in [0.29, 0.717) is 24.8 Å². The topological polar surface area (TPSA) is 96.9 Å². The van der Waals surface area contributed by atoms with Gasteiger partial charge in [0, 0.05) is 37.2 Å². The molecule has 0 atom stereocenters. The first-order valence-corrected chi connectivity index (χ1v) is 10.6. The molecule has 31 heavy (non-hydrogen) atoms. The summed E-state index contributed by atoms with van der Waals surface area (Å²) in [4.78, 5) is 36.7. The molecule has 1 aromatic carbocycles. The Kier molecular flexibility index (Phi) is 6.49. The summed E-state index contributed by atoms with van der Waals surface area (Å²) in [5.74, 6) is 0.647. The Morgan fingerprint density at radius 2 is 1.77 bits per heavy atom. The number of carbonyl (C=O) groups is 2. The molecular weight excluding hydrogens is 398 g/mol. The Balaban J connectivity index is 1.22. The van der Waals surface area contributed by atoms with Crippen molar-refractivity contribution in [2.45, 2.75) is 37.8 Å². The molecule has 1 N–H and O–H groups in total. The molecule has 3 amide bonds. The van der Waals surface area contributed by atoms with Crippen molar-refractivity contribution in [1.82, 2.24) is 20.2 Å². The molecule has 2 aromatic rings. The van der Waals surface area contributed by atoms with Gasteiger partial charge in [-0.25, -0.2) is 14.8 Å². The molecule has 1 aliphatic carbocycles. The first kappa shape index (κ1) is 20.9. The number of rotatable bonds is 7. The highest BCUT2D eigenvalue weighted by Gasteiger charge is 2.32. The van der Waals surface area contributed by atoms with Crippen molar-refractivity contribution in [1.29, 1.82) is 0 Å². The zero-order valence-electron chi connectivity index (χ0n) is 17.6. The third-order valence-corrected chi connectivity index (χ3v) is 5.64. The van der Waals surface area contributed by atoms with Crippen molar-refractivity contribution < 1.29 is 19.1 Å². The number of methoxy groups -OCH3 is 1. The second-order valence-electron chi connectivity index (χ2n) is 7.72. The van der Waals surface area contributed by atoms with Gasteiger partial charge in [0.25, 0.3) is 11.8 Å². The molecule has 2 heterocycles. The van der Waals surface area contributed by atoms with Crippen LogP contribution in [0.15, 0.2) is 42.7 Å². The maximum atomic E-state index is 12.6. The van der Waals surface area contributed by atoms with Crippen LogP contribution in [-0.2, 0) is 4.79 Å². The van der Waals surface area contributed by atoms with Gasteiger partial charge in [-0.05, 0) is 37.8 Å². The van der Waals surface area contributed by atoms with Crippen molar-refractivity contribution in [2.75, 3.05) is 31.6 Å². The minimum Gasteiger partial charge on any atom is -0.477 e. The zero-order chi connectivity index (χ0) is 21.6. The van der Waals surface area contributed by atoms with Gasteiger partial charge in [0.1, 0.15) is 12.6 Å². The van der Waals surface area contributed by atoms with Crippen LogP contribution in [0, 0.1) is 0 Å². The lowest BCUT2D eigenvalue weighted by atomic mass is 9.93. The average Bonchev–Trinajstić information content (AvgIpc) is 3.16. The van der Waals surface area contributed by atoms with Crippen LogP contribution >= 0.6 is 0 Å². The largest absolute Gasteiger partial charge is 0.477 e. The second kappa shape index (κ2) is 9.63. The fourth-order valence-corrected chi connectivity index (χ4v) is 4.04. The molecule has 1 saturated carbocycles. The van der Waals surface area contributed by atoms with Crippen LogP contribution in [0.3, 0.4) is 0 Å². The Bertz CT molecular complexity index is 902. The summed E-state index contributed by atoms with van der Waals surface area (Å²) in [6, 6.07) is 9.47. The van der Waals surface area contributed by atoms with E-state index in [4.69, 9.17) is 9.47 Å². The van der Waals surface area contributed by atoms with Crippen molar-refractivity contribution in [2.24, 2.45) is 0 Å². The van der Waals surface area contributed by atoms with E-state index in [2.05, 4.69) is 15.3 Å². The molecule has 0 radical (unpaired) electrons. The third kappa shape index (κ3) is 5.04. The standard InChI is InChI=1S/C22H27N5O4/c1-30-20-21(24-12-11-23-20)31-18-9-7-16(8-10-18)25-19(28)15-26-13-14-27(22(26)29)17-5-3-2-4-6-17/h2-6,11-12,16,18H,7-10,13-15H2,1H3,(H,25,28). The van der Waals surface area contributed by atoms with Crippen LogP contribution in [0.2, 0.25) is 0 Å². The van der Waals surface area contributed by atoms with Crippen LogP contribution in [0.4, 0.5) is 10.5 Å². The van der Waals surface area contributed by atoms with Gasteiger partial charge in [0.15, 0.2) is 0 Å². The predicted octanol–water partition coefficient (Wildman–Crippen LogP) is 2.23. The van der Waals surface area contributed by atoms with E-state index in [1.165, 1.54) is 7.11 Å². The molecule has 2 fully saturated rings. The van der Waals surface area contributed by atoms with Crippen LogP contribution < -0.4 is 19.7 Å². The Morgan fingerprint density at radius 3 is 2.48 bits per heavy atom. The number of carbonyl (C=O) groups excluding carboxylic acids is 2. The number of anilines is 1. The molecule has 1 saturated heterocycles. The summed E-state index contributed by atoms with van der Waals surface area (Å²) in [6.07, 6.45) is 6.36. The highest BCUT2D eigenvalue weighted by Crippen LogP contribution is 2.27. The van der Waals surface area contributed by atoms with Crippen molar-refractivity contribution in [3.63, 3.8) is 0 Å². The Morgan fingerprint density at radius 1 is 1.06 bits per heavy atom. The van der Waals surface area contributed by atoms with Crippen molar-refractivity contribution in [3.8, 4) is 11.8 Å². The van der Waals surface area contributed by atoms with Gasteiger partial charge >= 0.3 is 6.03 Å². The molecule has 1 aliphatic heterocycles. The number of nitrogens with one attached hydrogen (secondary N) is 1. The van der Waals surface area contributed by atoms with Crippen molar-refractivity contribution in [3.05, 3.63) is 42.7 Å². The van der Waals surface area contributed by atoms with Crippen molar-refractivity contribution >= 4 is 17.6 Å². The molecular formula is C22H27N5O4. The summed E-state index contributed by atoms with van der Waals surface area (Å²) in [5.41, 5.74) is 0.855. The van der Waals surface area contributed by atoms with Gasteiger partial charge in [-0.1, -0.05) is 18.2 Å². The number of aromatic nitrogens is 2. The molecule has 0 bridgehead atoms. The molecule has 9 heteroatoms. The number of ether oxygens (including phenoxy) is 2. The predicted molar refractivity (Wildman–Crippen MR) is 114 cm³/mol. The van der Waals surface area contributed by atoms with Gasteiger partial charge < -0.3 is 19.7 Å². The van der Waals surface area contributed by atoms with Gasteiger partial charge in [0.2, 0.25) is 5.91 Å². The lowest BCUT2D eigenvalue weighted by molar-refractivity contribution is -0.122. The molecule has 4 rings (SSSR count). The van der Waals surface area contributed by atoms with Crippen LogP contribution in [0.25, 0.3) is 0 Å². The van der Waals surface area contributed by atoms with Crippen LogP contribution in [0.5, 0.6) is 11.8 Å². The lowest BCUT2D eigenvalue weighted by Crippen LogP contribution is -2.45. The molecule has 164 valence electrons. The normalized spacial score (nSPS) is 21.1. The average molecular weight is 425 g/mol. The smallest absolute Gasteiger partial charge is 0.325 e. The summed E-state index contributed by atoms with van der Waals surface area (Å²) in [5, 5.41) is 3.07. The summed E-state index contributed by atoms with van der Waals surface area (Å²) in [7, 11) is 1.54. The maximum Gasteiger partial charge on any atom is 0.325 e. The minimum atomic E-state index is -0.128. The molecule has 0 spiro atoms. The van der Waals surface area contributed by atoms with E-state index in [0.717, 1.165) is 31.4 Å². The number of nitrogens with zero attached hydrogens (tertiary/aromatic N) is 4. The number of para-hydroxylation sites is 1. The quantitative estimate of drug-likeness (QED) is 0.731. The van der Waals surface area contributed by atoms with E-state index in [9.17, 15) is 9.59 Å². The van der Waals surface area contributed by atoms with Crippen LogP contribution in [-0.4, -0.2) is 65.7 Å². The van der Waals surface area contributed by atoms with E-state index >= 15 is 0 Å². The van der Waals surface area contributed by atoms with Gasteiger partial charge in [-0.3, -0.25) is 9.69 Å². The van der Waals surface area contributed by atoms with Gasteiger partial charge in [-0.15, -0.1) is 0 Å². The molecule has 0 unspecified atom stereocenters. The maximum absolute atomic E-state index is 12.6. The number of hydrogen-bond acceptors (Lipinski definition) is 6. The van der Waals surface area contributed by atoms with E-state index in [1.54, 1.807) is 22.2 Å². The number of hydrogen-bond donors (Lipinski definition) is 1. The first-order chi connectivity index (χ1) is 15.1. The van der Waals surface area contributed by atoms with Crippen LogP contribution in [0.1, 0.15) is 25.7 Å². The zero-order valence-corrected chi connectivity index (χ0v) is 17.6. The van der Waals surface area contributed by atoms with E-state index in [-0.39, 0.29) is 30.6 Å². The summed E-state index contributed by atoms with van der Waals surface area (Å²) in [6.45, 7) is 1.21. The van der Waals surface area contributed by atoms with E-state index < -0.39 is 0 Å². The number of benzene rings is 1. The van der Waals surface area contributed by atoms with Gasteiger partial charge in [-0.2, -0.15) is 0 Å². The molecule has 2 aliphatic rings. The van der Waals surface area contributed by atoms with Gasteiger partial charge in [0.05, 0.1) is 7.11 Å². The number of amides is 3. The summed E-state index contributed by atoms with van der Waals surface area (Å²) < 4.78 is 11.1. The third-order valence-electron chi connectivity index (χ3n) is 5.64. The highest BCUT2D eigenvalue weighted by atomic mass is 16.5. The fourth-order valence-electron chi connectivity index (χ4n) is 4.04. The molecule has 1 aromatic heterocycles. The minimum absolute atomic E-state index is 0.0124. The Hall–Kier alpha value is -3.36. The summed E-state index contributed by atoms with van der Waals surface area (Å²) >= 11 is 0. The fraction of sp³-hybridized carbons (Fsp3) is 0.455. The Labute approximate surface area is 181 Å².